The molecule has 3 heterocycles. The molecule has 9 heteroatoms. The zero-order valence-electron chi connectivity index (χ0n) is 13.5. The number of morpholine rings is 1. The van der Waals surface area contributed by atoms with E-state index >= 15 is 0 Å². The third-order valence-electron chi connectivity index (χ3n) is 4.14. The minimum atomic E-state index is -0.0775. The number of ether oxygens (including phenoxy) is 1. The van der Waals surface area contributed by atoms with Gasteiger partial charge in [-0.15, -0.1) is 12.4 Å². The Hall–Kier alpha value is -1.93. The van der Waals surface area contributed by atoms with E-state index in [0.29, 0.717) is 58.0 Å². The van der Waals surface area contributed by atoms with Crippen LogP contribution in [0.4, 0.5) is 4.79 Å². The number of carbonyl (C=O) groups excluding carboxylic acids is 2. The highest BCUT2D eigenvalue weighted by molar-refractivity contribution is 5.93. The molecule has 0 unspecified atom stereocenters. The van der Waals surface area contributed by atoms with Gasteiger partial charge in [-0.2, -0.15) is 0 Å². The second kappa shape index (κ2) is 8.79. The predicted octanol–water partition coefficient (Wildman–Crippen LogP) is 0.499. The van der Waals surface area contributed by atoms with Gasteiger partial charge in [0, 0.05) is 51.7 Å². The first kappa shape index (κ1) is 18.4. The summed E-state index contributed by atoms with van der Waals surface area (Å²) in [6.45, 7) is 4.86. The van der Waals surface area contributed by atoms with Gasteiger partial charge in [0.1, 0.15) is 6.33 Å². The zero-order valence-corrected chi connectivity index (χ0v) is 14.3. The fraction of sp³-hybridized carbons (Fsp3) is 0.600. The summed E-state index contributed by atoms with van der Waals surface area (Å²) in [6, 6.07) is 0.0469. The number of nitrogens with zero attached hydrogens (tertiary/aromatic N) is 5. The zero-order chi connectivity index (χ0) is 16.1. The third kappa shape index (κ3) is 4.33. The Bertz CT molecular complexity index is 553. The van der Waals surface area contributed by atoms with Gasteiger partial charge in [-0.1, -0.05) is 0 Å². The summed E-state index contributed by atoms with van der Waals surface area (Å²) in [5.41, 5.74) is 0.487. The number of hydrogen-bond donors (Lipinski definition) is 0. The van der Waals surface area contributed by atoms with E-state index in [1.807, 2.05) is 9.80 Å². The molecule has 1 aromatic rings. The van der Waals surface area contributed by atoms with Crippen molar-refractivity contribution in [1.82, 2.24) is 24.7 Å². The van der Waals surface area contributed by atoms with Crippen LogP contribution in [-0.2, 0) is 4.74 Å². The highest BCUT2D eigenvalue weighted by Crippen LogP contribution is 2.11. The highest BCUT2D eigenvalue weighted by atomic mass is 35.5. The molecular formula is C15H22ClN5O3. The van der Waals surface area contributed by atoms with E-state index in [-0.39, 0.29) is 24.3 Å². The van der Waals surface area contributed by atoms with Crippen LogP contribution in [0.5, 0.6) is 0 Å². The molecule has 0 aromatic carbocycles. The maximum atomic E-state index is 12.5. The minimum absolute atomic E-state index is 0. The Balaban J connectivity index is 0.00000208. The molecule has 0 spiro atoms. The van der Waals surface area contributed by atoms with Crippen LogP contribution in [0, 0.1) is 0 Å². The van der Waals surface area contributed by atoms with Crippen LogP contribution in [0.2, 0.25) is 0 Å². The van der Waals surface area contributed by atoms with Crippen molar-refractivity contribution in [3.8, 4) is 0 Å². The second-order valence-electron chi connectivity index (χ2n) is 5.64. The minimum Gasteiger partial charge on any atom is -0.378 e. The van der Waals surface area contributed by atoms with Gasteiger partial charge in [0.25, 0.3) is 5.91 Å². The summed E-state index contributed by atoms with van der Waals surface area (Å²) >= 11 is 0. The van der Waals surface area contributed by atoms with Crippen molar-refractivity contribution in [2.45, 2.75) is 6.42 Å². The number of halogens is 1. The average Bonchev–Trinajstić information content (AvgIpc) is 2.88. The molecule has 2 fully saturated rings. The number of rotatable bonds is 1. The lowest BCUT2D eigenvalue weighted by Gasteiger charge is -2.32. The predicted molar refractivity (Wildman–Crippen MR) is 89.2 cm³/mol. The van der Waals surface area contributed by atoms with E-state index in [1.165, 1.54) is 18.7 Å². The molecule has 0 saturated carbocycles. The fourth-order valence-corrected chi connectivity index (χ4v) is 2.86. The van der Waals surface area contributed by atoms with Crippen molar-refractivity contribution in [3.63, 3.8) is 0 Å². The van der Waals surface area contributed by atoms with Crippen LogP contribution in [0.15, 0.2) is 18.7 Å². The summed E-state index contributed by atoms with van der Waals surface area (Å²) in [5.74, 6) is -0.0775. The number of carbonyl (C=O) groups is 2. The molecule has 3 amide bonds. The quantitative estimate of drug-likeness (QED) is 0.733. The van der Waals surface area contributed by atoms with Crippen molar-refractivity contribution in [3.05, 3.63) is 24.3 Å². The van der Waals surface area contributed by atoms with Crippen LogP contribution in [0.1, 0.15) is 16.8 Å². The summed E-state index contributed by atoms with van der Waals surface area (Å²) in [6.07, 6.45) is 5.23. The molecule has 8 nitrogen and oxygen atoms in total. The van der Waals surface area contributed by atoms with Gasteiger partial charge in [-0.3, -0.25) is 4.79 Å². The van der Waals surface area contributed by atoms with E-state index < -0.39 is 0 Å². The Morgan fingerprint density at radius 2 is 1.46 bits per heavy atom. The summed E-state index contributed by atoms with van der Waals surface area (Å²) < 4.78 is 5.28. The standard InChI is InChI=1S/C15H21N5O3.ClH/c21-14(13-10-16-12-17-11-13)18-2-1-3-19(5-4-18)15(22)20-6-8-23-9-7-20;/h10-12H,1-9H2;1H. The molecule has 1 aromatic heterocycles. The summed E-state index contributed by atoms with van der Waals surface area (Å²) in [4.78, 5) is 38.2. The molecule has 0 aliphatic carbocycles. The van der Waals surface area contributed by atoms with E-state index in [0.717, 1.165) is 6.42 Å². The van der Waals surface area contributed by atoms with Crippen LogP contribution in [0.3, 0.4) is 0 Å². The normalized spacial score (nSPS) is 18.6. The van der Waals surface area contributed by atoms with Crippen molar-refractivity contribution in [2.24, 2.45) is 0 Å². The molecule has 24 heavy (non-hydrogen) atoms. The molecular weight excluding hydrogens is 334 g/mol. The number of hydrogen-bond acceptors (Lipinski definition) is 5. The van der Waals surface area contributed by atoms with Gasteiger partial charge in [-0.05, 0) is 6.42 Å². The van der Waals surface area contributed by atoms with Crippen LogP contribution in [0.25, 0.3) is 0 Å². The van der Waals surface area contributed by atoms with Gasteiger partial charge in [-0.25, -0.2) is 14.8 Å². The van der Waals surface area contributed by atoms with E-state index in [4.69, 9.17) is 4.74 Å². The lowest BCUT2D eigenvalue weighted by Crippen LogP contribution is -2.49. The molecule has 0 atom stereocenters. The average molecular weight is 356 g/mol. The smallest absolute Gasteiger partial charge is 0.320 e. The van der Waals surface area contributed by atoms with Gasteiger partial charge in [0.2, 0.25) is 0 Å². The van der Waals surface area contributed by atoms with Crippen molar-refractivity contribution in [1.29, 1.82) is 0 Å². The molecule has 0 radical (unpaired) electrons. The molecule has 2 aliphatic rings. The molecule has 0 N–H and O–H groups in total. The first-order valence-corrected chi connectivity index (χ1v) is 7.91. The van der Waals surface area contributed by atoms with Crippen LogP contribution >= 0.6 is 12.4 Å². The number of aromatic nitrogens is 2. The lowest BCUT2D eigenvalue weighted by atomic mass is 10.3. The summed E-state index contributed by atoms with van der Waals surface area (Å²) in [7, 11) is 0. The second-order valence-corrected chi connectivity index (χ2v) is 5.64. The van der Waals surface area contributed by atoms with Crippen molar-refractivity contribution in [2.75, 3.05) is 52.5 Å². The Labute approximate surface area is 147 Å². The van der Waals surface area contributed by atoms with Gasteiger partial charge in [0.15, 0.2) is 0 Å². The largest absolute Gasteiger partial charge is 0.378 e. The SMILES string of the molecule is Cl.O=C(c1cncnc1)N1CCCN(C(=O)N2CCOCC2)CC1. The van der Waals surface area contributed by atoms with Gasteiger partial charge in [0.05, 0.1) is 18.8 Å². The monoisotopic (exact) mass is 355 g/mol. The first-order valence-electron chi connectivity index (χ1n) is 7.91. The third-order valence-corrected chi connectivity index (χ3v) is 4.14. The van der Waals surface area contributed by atoms with Crippen LogP contribution in [-0.4, -0.2) is 89.1 Å². The van der Waals surface area contributed by atoms with Gasteiger partial charge >= 0.3 is 6.03 Å². The Morgan fingerprint density at radius 1 is 0.875 bits per heavy atom. The number of amides is 3. The van der Waals surface area contributed by atoms with Crippen molar-refractivity contribution >= 4 is 24.3 Å². The van der Waals surface area contributed by atoms with E-state index in [1.54, 1.807) is 4.90 Å². The molecule has 132 valence electrons. The Kier molecular flexibility index (Phi) is 6.74. The topological polar surface area (TPSA) is 78.9 Å². The van der Waals surface area contributed by atoms with E-state index in [9.17, 15) is 9.59 Å². The summed E-state index contributed by atoms with van der Waals surface area (Å²) in [5, 5.41) is 0. The molecule has 0 bridgehead atoms. The Morgan fingerprint density at radius 3 is 2.17 bits per heavy atom. The maximum absolute atomic E-state index is 12.5. The molecule has 2 aliphatic heterocycles. The van der Waals surface area contributed by atoms with E-state index in [2.05, 4.69) is 9.97 Å². The van der Waals surface area contributed by atoms with Crippen molar-refractivity contribution < 1.29 is 14.3 Å². The van der Waals surface area contributed by atoms with Crippen LogP contribution < -0.4 is 0 Å². The first-order chi connectivity index (χ1) is 11.3. The fourth-order valence-electron chi connectivity index (χ4n) is 2.86. The van der Waals surface area contributed by atoms with Gasteiger partial charge < -0.3 is 19.4 Å². The molecule has 2 saturated heterocycles. The maximum Gasteiger partial charge on any atom is 0.320 e. The molecule has 3 rings (SSSR count). The number of urea groups is 1. The lowest BCUT2D eigenvalue weighted by molar-refractivity contribution is 0.0435. The highest BCUT2D eigenvalue weighted by Gasteiger charge is 2.26.